The van der Waals surface area contributed by atoms with Crippen LogP contribution in [0.1, 0.15) is 52.9 Å². The first kappa shape index (κ1) is 14.2. The molecule has 0 heterocycles. The summed E-state index contributed by atoms with van der Waals surface area (Å²) in [5.41, 5.74) is 0.902. The molecule has 0 bridgehead atoms. The van der Waals surface area contributed by atoms with Gasteiger partial charge in [-0.2, -0.15) is 0 Å². The van der Waals surface area contributed by atoms with Crippen molar-refractivity contribution in [1.82, 2.24) is 0 Å². The Labute approximate surface area is 102 Å². The lowest BCUT2D eigenvalue weighted by Gasteiger charge is -2.41. The molecule has 3 heteroatoms. The van der Waals surface area contributed by atoms with Crippen LogP contribution in [0.2, 0.25) is 10.6 Å². The minimum absolute atomic E-state index is 0.0862. The second-order valence-electron chi connectivity index (χ2n) is 6.13. The van der Waals surface area contributed by atoms with Crippen molar-refractivity contribution in [3.63, 3.8) is 0 Å². The van der Waals surface area contributed by atoms with Crippen molar-refractivity contribution in [3.05, 3.63) is 0 Å². The molecule has 1 aliphatic rings. The van der Waals surface area contributed by atoms with Crippen molar-refractivity contribution in [2.45, 2.75) is 69.4 Å². The topological polar surface area (TPSA) is 18.5 Å². The van der Waals surface area contributed by atoms with Crippen molar-refractivity contribution in [2.24, 2.45) is 0 Å². The van der Waals surface area contributed by atoms with E-state index in [9.17, 15) is 0 Å². The third kappa shape index (κ3) is 3.57. The van der Waals surface area contributed by atoms with E-state index >= 15 is 0 Å². The monoisotopic (exact) mass is 244 g/mol. The third-order valence-electron chi connectivity index (χ3n) is 3.92. The largest absolute Gasteiger partial charge is 0.360 e. The standard InChI is InChI=1S/C13H28O2Si/c1-13(2,3)16(12(14-4)15-5)11-9-7-6-8-10-11/h11-12,16H,6-10H2,1-5H3. The summed E-state index contributed by atoms with van der Waals surface area (Å²) >= 11 is 0. The minimum atomic E-state index is -1.06. The van der Waals surface area contributed by atoms with Gasteiger partial charge < -0.3 is 9.47 Å². The summed E-state index contributed by atoms with van der Waals surface area (Å²) in [6.45, 7) is 7.09. The highest BCUT2D eigenvalue weighted by molar-refractivity contribution is 6.64. The highest BCUT2D eigenvalue weighted by atomic mass is 28.3. The van der Waals surface area contributed by atoms with Gasteiger partial charge in [0, 0.05) is 14.2 Å². The van der Waals surface area contributed by atoms with E-state index in [1.807, 2.05) is 0 Å². The van der Waals surface area contributed by atoms with Crippen molar-refractivity contribution >= 4 is 8.80 Å². The molecule has 0 aromatic heterocycles. The molecule has 0 N–H and O–H groups in total. The molecule has 2 nitrogen and oxygen atoms in total. The van der Waals surface area contributed by atoms with Crippen molar-refractivity contribution in [3.8, 4) is 0 Å². The molecule has 1 unspecified atom stereocenters. The zero-order chi connectivity index (χ0) is 12.2. The van der Waals surface area contributed by atoms with E-state index in [4.69, 9.17) is 9.47 Å². The number of hydrogen-bond donors (Lipinski definition) is 0. The molecule has 0 aromatic rings. The summed E-state index contributed by atoms with van der Waals surface area (Å²) in [7, 11) is 2.53. The third-order valence-corrected chi connectivity index (χ3v) is 8.73. The van der Waals surface area contributed by atoms with Gasteiger partial charge in [0.05, 0.1) is 0 Å². The van der Waals surface area contributed by atoms with Crippen LogP contribution in [0.3, 0.4) is 0 Å². The summed E-state index contributed by atoms with van der Waals surface area (Å²) in [5.74, 6) is 0.0862. The van der Waals surface area contributed by atoms with Gasteiger partial charge in [0.15, 0.2) is 0 Å². The van der Waals surface area contributed by atoms with E-state index in [0.717, 1.165) is 5.54 Å². The van der Waals surface area contributed by atoms with Gasteiger partial charge in [-0.1, -0.05) is 52.9 Å². The molecule has 0 saturated heterocycles. The Morgan fingerprint density at radius 3 is 1.88 bits per heavy atom. The first-order valence-electron chi connectivity index (χ1n) is 6.56. The molecule has 0 aliphatic heterocycles. The van der Waals surface area contributed by atoms with Crippen LogP contribution in [-0.4, -0.2) is 28.9 Å². The Kier molecular flexibility index (Phi) is 5.48. The maximum absolute atomic E-state index is 5.58. The van der Waals surface area contributed by atoms with Crippen LogP contribution in [0.4, 0.5) is 0 Å². The SMILES string of the molecule is COC(OC)[SiH](C1CCCCC1)C(C)(C)C. The molecular formula is C13H28O2Si. The Hall–Kier alpha value is 0.137. The Bertz CT molecular complexity index is 191. The zero-order valence-electron chi connectivity index (χ0n) is 11.6. The molecule has 0 radical (unpaired) electrons. The number of ether oxygens (including phenoxy) is 2. The van der Waals surface area contributed by atoms with Crippen molar-refractivity contribution in [2.75, 3.05) is 14.2 Å². The van der Waals surface area contributed by atoms with Gasteiger partial charge in [-0.05, 0) is 10.6 Å². The Balaban J connectivity index is 2.76. The molecule has 1 atom stereocenters. The van der Waals surface area contributed by atoms with Crippen LogP contribution in [0.25, 0.3) is 0 Å². The van der Waals surface area contributed by atoms with E-state index in [1.165, 1.54) is 32.1 Å². The first-order valence-corrected chi connectivity index (χ1v) is 8.47. The minimum Gasteiger partial charge on any atom is -0.360 e. The molecule has 0 amide bonds. The van der Waals surface area contributed by atoms with Crippen LogP contribution in [0.15, 0.2) is 0 Å². The van der Waals surface area contributed by atoms with E-state index in [-0.39, 0.29) is 5.91 Å². The van der Waals surface area contributed by atoms with E-state index < -0.39 is 8.80 Å². The van der Waals surface area contributed by atoms with Gasteiger partial charge in [0.25, 0.3) is 0 Å². The zero-order valence-corrected chi connectivity index (χ0v) is 12.7. The van der Waals surface area contributed by atoms with E-state index in [1.54, 1.807) is 14.2 Å². The molecular weight excluding hydrogens is 216 g/mol. The molecule has 96 valence electrons. The number of hydrogen-bond acceptors (Lipinski definition) is 2. The van der Waals surface area contributed by atoms with Crippen LogP contribution in [-0.2, 0) is 9.47 Å². The van der Waals surface area contributed by atoms with Gasteiger partial charge in [-0.3, -0.25) is 0 Å². The molecule has 16 heavy (non-hydrogen) atoms. The number of methoxy groups -OCH3 is 2. The molecule has 1 saturated carbocycles. The number of rotatable bonds is 4. The highest BCUT2D eigenvalue weighted by Crippen LogP contribution is 2.43. The van der Waals surface area contributed by atoms with Crippen molar-refractivity contribution in [1.29, 1.82) is 0 Å². The fourth-order valence-electron chi connectivity index (χ4n) is 3.22. The molecule has 1 aliphatic carbocycles. The van der Waals surface area contributed by atoms with Gasteiger partial charge in [-0.15, -0.1) is 0 Å². The van der Waals surface area contributed by atoms with Crippen molar-refractivity contribution < 1.29 is 9.47 Å². The summed E-state index contributed by atoms with van der Waals surface area (Å²) in [4.78, 5) is 0. The molecule has 1 rings (SSSR count). The maximum atomic E-state index is 5.58. The molecule has 1 fully saturated rings. The van der Waals surface area contributed by atoms with Gasteiger partial charge in [0.2, 0.25) is 0 Å². The summed E-state index contributed by atoms with van der Waals surface area (Å²) in [5, 5.41) is 0.388. The lowest BCUT2D eigenvalue weighted by molar-refractivity contribution is -0.0506. The molecule has 0 spiro atoms. The van der Waals surface area contributed by atoms with Crippen LogP contribution in [0, 0.1) is 0 Å². The smallest absolute Gasteiger partial charge is 0.138 e. The van der Waals surface area contributed by atoms with E-state index in [0.29, 0.717) is 5.04 Å². The summed E-state index contributed by atoms with van der Waals surface area (Å²) in [6.07, 6.45) is 7.04. The predicted molar refractivity (Wildman–Crippen MR) is 71.5 cm³/mol. The van der Waals surface area contributed by atoms with E-state index in [2.05, 4.69) is 20.8 Å². The Morgan fingerprint density at radius 2 is 1.50 bits per heavy atom. The summed E-state index contributed by atoms with van der Waals surface area (Å²) in [6, 6.07) is 0. The highest BCUT2D eigenvalue weighted by Gasteiger charge is 2.40. The maximum Gasteiger partial charge on any atom is 0.138 e. The quantitative estimate of drug-likeness (QED) is 0.556. The van der Waals surface area contributed by atoms with Crippen LogP contribution < -0.4 is 0 Å². The second kappa shape index (κ2) is 6.17. The Morgan fingerprint density at radius 1 is 1.00 bits per heavy atom. The summed E-state index contributed by atoms with van der Waals surface area (Å²) < 4.78 is 11.2. The second-order valence-corrected chi connectivity index (χ2v) is 10.4. The lowest BCUT2D eigenvalue weighted by atomic mass is 10.0. The fraction of sp³-hybridized carbons (Fsp3) is 1.00. The van der Waals surface area contributed by atoms with Gasteiger partial charge >= 0.3 is 0 Å². The van der Waals surface area contributed by atoms with Crippen LogP contribution in [0.5, 0.6) is 0 Å². The van der Waals surface area contributed by atoms with Gasteiger partial charge in [0.1, 0.15) is 14.7 Å². The average molecular weight is 244 g/mol. The molecule has 0 aromatic carbocycles. The lowest BCUT2D eigenvalue weighted by Crippen LogP contribution is -2.45. The first-order chi connectivity index (χ1) is 7.50. The average Bonchev–Trinajstić information content (AvgIpc) is 2.25. The normalized spacial score (nSPS) is 21.4. The fourth-order valence-corrected chi connectivity index (χ4v) is 7.67. The van der Waals surface area contributed by atoms with Gasteiger partial charge in [-0.25, -0.2) is 0 Å². The predicted octanol–water partition coefficient (Wildman–Crippen LogP) is 3.51. The van der Waals surface area contributed by atoms with Crippen LogP contribution >= 0.6 is 0 Å².